The molecule has 0 amide bonds. The molecule has 0 aliphatic carbocycles. The van der Waals surface area contributed by atoms with Crippen molar-refractivity contribution in [3.63, 3.8) is 0 Å². The summed E-state index contributed by atoms with van der Waals surface area (Å²) in [6.07, 6.45) is 8.54. The van der Waals surface area contributed by atoms with E-state index in [-0.39, 0.29) is 0 Å². The second-order valence-electron chi connectivity index (χ2n) is 11.7. The summed E-state index contributed by atoms with van der Waals surface area (Å²) in [5, 5.41) is 9.58. The van der Waals surface area contributed by atoms with E-state index in [9.17, 15) is 0 Å². The van der Waals surface area contributed by atoms with E-state index in [1.54, 1.807) is 45.3 Å². The van der Waals surface area contributed by atoms with Crippen LogP contribution in [0.2, 0.25) is 36.3 Å². The van der Waals surface area contributed by atoms with Gasteiger partial charge >= 0.3 is 46.5 Å². The molecule has 0 bridgehead atoms. The number of hydrogen-bond donors (Lipinski definition) is 0. The molecule has 2 aliphatic rings. The van der Waals surface area contributed by atoms with Gasteiger partial charge in [-0.05, 0) is 0 Å². The molecule has 0 radical (unpaired) electrons. The van der Waals surface area contributed by atoms with Crippen molar-refractivity contribution in [1.29, 1.82) is 0 Å². The molecule has 0 saturated carbocycles. The average Bonchev–Trinajstić information content (AvgIpc) is 3.54. The zero-order chi connectivity index (χ0) is 27.7. The van der Waals surface area contributed by atoms with Crippen molar-refractivity contribution < 1.29 is 18.9 Å². The molecule has 6 rings (SSSR count). The van der Waals surface area contributed by atoms with Crippen LogP contribution in [0, 0.1) is 0 Å². The van der Waals surface area contributed by atoms with Crippen LogP contribution in [0.1, 0.15) is 59.3 Å². The summed E-state index contributed by atoms with van der Waals surface area (Å²) >= 11 is -1.76. The summed E-state index contributed by atoms with van der Waals surface area (Å²) in [5.41, 5.74) is 0. The number of fused-ring (bicyclic) bond motifs is 2. The number of halogens is 2. The number of unbranched alkanes of at least 4 members (excludes halogenated alkanes) is 2. The van der Waals surface area contributed by atoms with Crippen molar-refractivity contribution in [3.8, 4) is 0 Å². The van der Waals surface area contributed by atoms with Crippen LogP contribution in [0.3, 0.4) is 0 Å². The Morgan fingerprint density at radius 1 is 0.692 bits per heavy atom. The van der Waals surface area contributed by atoms with Gasteiger partial charge in [0.2, 0.25) is 0 Å². The zero-order valence-corrected chi connectivity index (χ0v) is 30.2. The van der Waals surface area contributed by atoms with Gasteiger partial charge in [0.25, 0.3) is 0 Å². The van der Waals surface area contributed by atoms with E-state index in [0.29, 0.717) is 0 Å². The van der Waals surface area contributed by atoms with Crippen LogP contribution in [0.25, 0.3) is 21.5 Å². The van der Waals surface area contributed by atoms with Gasteiger partial charge in [-0.25, -0.2) is 0 Å². The van der Waals surface area contributed by atoms with Crippen molar-refractivity contribution >= 4 is 68.8 Å². The predicted molar refractivity (Wildman–Crippen MR) is 181 cm³/mol. The predicted octanol–water partition coefficient (Wildman–Crippen LogP) is 10.6. The third-order valence-corrected chi connectivity index (χ3v) is 24.0. The van der Waals surface area contributed by atoms with E-state index in [1.807, 2.05) is 10.6 Å². The molecule has 39 heavy (non-hydrogen) atoms. The number of hydrogen-bond acceptors (Lipinski definition) is 0. The monoisotopic (exact) mass is 670 g/mol. The molecule has 0 N–H and O–H groups in total. The Morgan fingerprint density at radius 2 is 1.08 bits per heavy atom. The third kappa shape index (κ3) is 7.45. The third-order valence-electron chi connectivity index (χ3n) is 9.36. The molecule has 0 unspecified atom stereocenters. The SMILES string of the molecule is CCCC[Si]1([c-]2ccc3ccccc32)CCC1.CCCC[Si]1([c-]2ccc3ccccc32)CCC1.C[CH]=[Zr]([Cl])[Cl]. The molecule has 4 aromatic rings. The minimum atomic E-state index is -1.76. The van der Waals surface area contributed by atoms with Gasteiger partial charge in [0, 0.05) is 16.1 Å². The molecule has 5 heteroatoms. The van der Waals surface area contributed by atoms with E-state index in [2.05, 4.69) is 86.6 Å². The molecule has 4 aromatic carbocycles. The van der Waals surface area contributed by atoms with Crippen molar-refractivity contribution in [2.45, 2.75) is 95.6 Å². The van der Waals surface area contributed by atoms with Crippen molar-refractivity contribution in [2.24, 2.45) is 0 Å². The maximum atomic E-state index is 5.37. The fourth-order valence-electron chi connectivity index (χ4n) is 6.77. The van der Waals surface area contributed by atoms with Crippen molar-refractivity contribution in [1.82, 2.24) is 0 Å². The first kappa shape index (κ1) is 31.4. The van der Waals surface area contributed by atoms with Gasteiger partial charge in [-0.15, -0.1) is 68.3 Å². The molecular formula is C34H46Cl2Si2Zr-2. The Kier molecular flexibility index (Phi) is 12.1. The first-order chi connectivity index (χ1) is 19.0. The van der Waals surface area contributed by atoms with Gasteiger partial charge in [-0.1, -0.05) is 101 Å². The second-order valence-corrected chi connectivity index (χ2v) is 29.7. The van der Waals surface area contributed by atoms with E-state index in [0.717, 1.165) is 0 Å². The quantitative estimate of drug-likeness (QED) is 0.129. The van der Waals surface area contributed by atoms with E-state index >= 15 is 0 Å². The van der Waals surface area contributed by atoms with Crippen LogP contribution < -0.4 is 10.4 Å². The van der Waals surface area contributed by atoms with Gasteiger partial charge in [0.1, 0.15) is 0 Å². The first-order valence-corrected chi connectivity index (χ1v) is 28.2. The van der Waals surface area contributed by atoms with Crippen LogP contribution >= 0.6 is 17.0 Å². The Balaban J connectivity index is 0.000000155. The summed E-state index contributed by atoms with van der Waals surface area (Å²) in [6, 6.07) is 36.7. The Bertz CT molecular complexity index is 1240. The Morgan fingerprint density at radius 3 is 1.38 bits per heavy atom. The molecular weight excluding hydrogens is 627 g/mol. The van der Waals surface area contributed by atoms with Crippen molar-refractivity contribution in [3.05, 3.63) is 72.8 Å². The first-order valence-electron chi connectivity index (χ1n) is 15.3. The van der Waals surface area contributed by atoms with Crippen LogP contribution in [-0.2, 0) is 18.9 Å². The van der Waals surface area contributed by atoms with Gasteiger partial charge in [-0.2, -0.15) is 24.3 Å². The summed E-state index contributed by atoms with van der Waals surface area (Å²) in [4.78, 5) is 0. The molecule has 0 nitrogen and oxygen atoms in total. The maximum absolute atomic E-state index is 5.37. The zero-order valence-electron chi connectivity index (χ0n) is 24.2. The molecule has 0 spiro atoms. The molecule has 210 valence electrons. The molecule has 2 fully saturated rings. The Labute approximate surface area is 254 Å². The van der Waals surface area contributed by atoms with Gasteiger partial charge in [0.05, 0.1) is 0 Å². The van der Waals surface area contributed by atoms with Crippen LogP contribution in [0.4, 0.5) is 0 Å². The van der Waals surface area contributed by atoms with E-state index in [4.69, 9.17) is 17.0 Å². The summed E-state index contributed by atoms with van der Waals surface area (Å²) in [7, 11) is 8.63. The van der Waals surface area contributed by atoms with Gasteiger partial charge in [0.15, 0.2) is 0 Å². The minimum absolute atomic E-state index is 1.05. The topological polar surface area (TPSA) is 0 Å². The Hall–Kier alpha value is -0.573. The fourth-order valence-corrected chi connectivity index (χ4v) is 16.3. The van der Waals surface area contributed by atoms with E-state index in [1.165, 1.54) is 61.4 Å². The van der Waals surface area contributed by atoms with Crippen LogP contribution in [0.15, 0.2) is 72.8 Å². The average molecular weight is 673 g/mol. The van der Waals surface area contributed by atoms with Crippen LogP contribution in [-0.4, -0.2) is 19.9 Å². The standard InChI is InChI=1S/2C16H21Si.C2H4.2ClH.Zr/c2*1-2-3-11-17(12-6-13-17)16-10-9-14-7-4-5-8-15(14)16;1-2;;;/h2*4-5,7-10H,2-3,6,11-13H2,1H3;1H,2H3;2*1H;/q2*-1;;;;+2/p-2. The summed E-state index contributed by atoms with van der Waals surface area (Å²) in [5.74, 6) is 0. The van der Waals surface area contributed by atoms with Gasteiger partial charge in [-0.3, -0.25) is 0 Å². The number of benzene rings is 2. The summed E-state index contributed by atoms with van der Waals surface area (Å²) < 4.78 is 1.89. The number of rotatable bonds is 8. The van der Waals surface area contributed by atoms with Crippen molar-refractivity contribution in [2.75, 3.05) is 0 Å². The molecule has 2 saturated heterocycles. The molecule has 2 aliphatic heterocycles. The summed E-state index contributed by atoms with van der Waals surface area (Å²) in [6.45, 7) is 6.54. The van der Waals surface area contributed by atoms with E-state index < -0.39 is 35.0 Å². The molecule has 0 atom stereocenters. The molecule has 2 heterocycles. The van der Waals surface area contributed by atoms with Crippen LogP contribution in [0.5, 0.6) is 0 Å². The normalized spacial score (nSPS) is 16.7. The fraction of sp³-hybridized carbons (Fsp3) is 0.441. The molecule has 0 aromatic heterocycles. The van der Waals surface area contributed by atoms with Gasteiger partial charge < -0.3 is 0 Å². The second kappa shape index (κ2) is 15.1.